The van der Waals surface area contributed by atoms with Crippen molar-refractivity contribution in [3.63, 3.8) is 0 Å². The lowest BCUT2D eigenvalue weighted by atomic mass is 9.88. The van der Waals surface area contributed by atoms with E-state index < -0.39 is 6.10 Å². The second-order valence-electron chi connectivity index (χ2n) is 5.04. The van der Waals surface area contributed by atoms with Crippen molar-refractivity contribution in [3.8, 4) is 5.75 Å². The van der Waals surface area contributed by atoms with E-state index in [1.54, 1.807) is 7.11 Å². The number of rotatable bonds is 5. The van der Waals surface area contributed by atoms with Crippen LogP contribution in [0.1, 0.15) is 28.7 Å². The van der Waals surface area contributed by atoms with Gasteiger partial charge in [0.25, 0.3) is 0 Å². The Morgan fingerprint density at radius 2 is 1.95 bits per heavy atom. The molecule has 0 fully saturated rings. The largest absolute Gasteiger partial charge is 0.496 e. The Labute approximate surface area is 133 Å². The maximum Gasteiger partial charge on any atom is 0.122 e. The predicted octanol–water partition coefficient (Wildman–Crippen LogP) is 3.54. The minimum atomic E-state index is -0.678. The molecule has 2 unspecified atom stereocenters. The maximum atomic E-state index is 10.7. The van der Waals surface area contributed by atoms with Gasteiger partial charge in [0.1, 0.15) is 5.75 Å². The molecule has 2 rings (SSSR count). The SMILES string of the molecule is COc1ccccc1C(CN)C(O)c1ccc(C)c(Br)c1. The molecule has 3 N–H and O–H groups in total. The van der Waals surface area contributed by atoms with Crippen molar-refractivity contribution in [3.05, 3.63) is 63.6 Å². The van der Waals surface area contributed by atoms with Gasteiger partial charge in [0.15, 0.2) is 0 Å². The van der Waals surface area contributed by atoms with Gasteiger partial charge in [-0.25, -0.2) is 0 Å². The first-order valence-corrected chi connectivity index (χ1v) is 7.65. The van der Waals surface area contributed by atoms with Gasteiger partial charge in [0.2, 0.25) is 0 Å². The zero-order chi connectivity index (χ0) is 15.4. The Morgan fingerprint density at radius 1 is 1.24 bits per heavy atom. The number of benzene rings is 2. The van der Waals surface area contributed by atoms with Crippen LogP contribution in [0, 0.1) is 6.92 Å². The van der Waals surface area contributed by atoms with E-state index in [2.05, 4.69) is 15.9 Å². The average Bonchev–Trinajstić information content (AvgIpc) is 2.51. The van der Waals surface area contributed by atoms with Gasteiger partial charge >= 0.3 is 0 Å². The third-order valence-corrected chi connectivity index (χ3v) is 4.57. The van der Waals surface area contributed by atoms with E-state index in [9.17, 15) is 5.11 Å². The summed E-state index contributed by atoms with van der Waals surface area (Å²) in [6.07, 6.45) is -0.678. The van der Waals surface area contributed by atoms with E-state index in [0.29, 0.717) is 6.54 Å². The molecule has 3 nitrogen and oxygen atoms in total. The first-order chi connectivity index (χ1) is 10.1. The molecule has 0 saturated carbocycles. The summed E-state index contributed by atoms with van der Waals surface area (Å²) in [4.78, 5) is 0. The minimum absolute atomic E-state index is 0.212. The molecule has 2 atom stereocenters. The van der Waals surface area contributed by atoms with E-state index in [1.807, 2.05) is 49.4 Å². The number of halogens is 1. The van der Waals surface area contributed by atoms with Crippen LogP contribution in [-0.4, -0.2) is 18.8 Å². The molecule has 0 amide bonds. The van der Waals surface area contributed by atoms with Crippen LogP contribution in [0.3, 0.4) is 0 Å². The zero-order valence-corrected chi connectivity index (χ0v) is 13.8. The summed E-state index contributed by atoms with van der Waals surface area (Å²) >= 11 is 3.50. The number of methoxy groups -OCH3 is 1. The Kier molecular flexibility index (Phi) is 5.39. The fraction of sp³-hybridized carbons (Fsp3) is 0.294. The Morgan fingerprint density at radius 3 is 2.57 bits per heavy atom. The number of aliphatic hydroxyl groups is 1. The lowest BCUT2D eigenvalue weighted by molar-refractivity contribution is 0.146. The first kappa shape index (κ1) is 16.0. The summed E-state index contributed by atoms with van der Waals surface area (Å²) < 4.78 is 6.36. The molecule has 0 heterocycles. The molecule has 21 heavy (non-hydrogen) atoms. The van der Waals surface area contributed by atoms with E-state index in [1.165, 1.54) is 0 Å². The molecule has 0 spiro atoms. The van der Waals surface area contributed by atoms with E-state index in [4.69, 9.17) is 10.5 Å². The highest BCUT2D eigenvalue weighted by molar-refractivity contribution is 9.10. The summed E-state index contributed by atoms with van der Waals surface area (Å²) in [6.45, 7) is 2.36. The lowest BCUT2D eigenvalue weighted by Gasteiger charge is -2.24. The predicted molar refractivity (Wildman–Crippen MR) is 88.6 cm³/mol. The van der Waals surface area contributed by atoms with Crippen LogP contribution in [0.25, 0.3) is 0 Å². The van der Waals surface area contributed by atoms with Crippen LogP contribution in [0.4, 0.5) is 0 Å². The van der Waals surface area contributed by atoms with Crippen molar-refractivity contribution in [1.29, 1.82) is 0 Å². The van der Waals surface area contributed by atoms with E-state index >= 15 is 0 Å². The van der Waals surface area contributed by atoms with Gasteiger partial charge in [-0.05, 0) is 30.2 Å². The molecule has 2 aromatic carbocycles. The van der Waals surface area contributed by atoms with Gasteiger partial charge in [-0.1, -0.05) is 46.3 Å². The second-order valence-corrected chi connectivity index (χ2v) is 5.89. The Bertz CT molecular complexity index is 615. The molecule has 0 aliphatic heterocycles. The number of aryl methyl sites for hydroxylation is 1. The van der Waals surface area contributed by atoms with Gasteiger partial charge in [-0.3, -0.25) is 0 Å². The molecule has 4 heteroatoms. The second kappa shape index (κ2) is 7.07. The lowest BCUT2D eigenvalue weighted by Crippen LogP contribution is -2.20. The van der Waals surface area contributed by atoms with Gasteiger partial charge < -0.3 is 15.6 Å². The van der Waals surface area contributed by atoms with Crippen LogP contribution < -0.4 is 10.5 Å². The summed E-state index contributed by atoms with van der Waals surface area (Å²) in [5.74, 6) is 0.536. The Balaban J connectivity index is 2.38. The number of nitrogens with two attached hydrogens (primary N) is 1. The summed E-state index contributed by atoms with van der Waals surface area (Å²) in [7, 11) is 1.63. The summed E-state index contributed by atoms with van der Waals surface area (Å²) in [5.41, 5.74) is 8.80. The average molecular weight is 350 g/mol. The van der Waals surface area contributed by atoms with Gasteiger partial charge in [0.05, 0.1) is 13.2 Å². The van der Waals surface area contributed by atoms with Gasteiger partial charge in [-0.15, -0.1) is 0 Å². The first-order valence-electron chi connectivity index (χ1n) is 6.85. The molecule has 0 aliphatic carbocycles. The zero-order valence-electron chi connectivity index (χ0n) is 12.2. The topological polar surface area (TPSA) is 55.5 Å². The van der Waals surface area contributed by atoms with Crippen LogP contribution in [0.2, 0.25) is 0 Å². The van der Waals surface area contributed by atoms with E-state index in [-0.39, 0.29) is 5.92 Å². The molecule has 0 bridgehead atoms. The number of ether oxygens (including phenoxy) is 1. The molecule has 0 aliphatic rings. The molecule has 0 radical (unpaired) electrons. The van der Waals surface area contributed by atoms with Crippen LogP contribution >= 0.6 is 15.9 Å². The van der Waals surface area contributed by atoms with Crippen molar-refractivity contribution in [1.82, 2.24) is 0 Å². The van der Waals surface area contributed by atoms with Crippen molar-refractivity contribution in [2.24, 2.45) is 5.73 Å². The van der Waals surface area contributed by atoms with Gasteiger partial charge in [-0.2, -0.15) is 0 Å². The van der Waals surface area contributed by atoms with Crippen molar-refractivity contribution >= 4 is 15.9 Å². The molecule has 0 aromatic heterocycles. The standard InChI is InChI=1S/C17H20BrNO2/c1-11-7-8-12(9-15(11)18)17(20)14(10-19)13-5-3-4-6-16(13)21-2/h3-9,14,17,20H,10,19H2,1-2H3. The number of para-hydroxylation sites is 1. The normalized spacial score (nSPS) is 13.8. The smallest absolute Gasteiger partial charge is 0.122 e. The maximum absolute atomic E-state index is 10.7. The Hall–Kier alpha value is -1.36. The van der Waals surface area contributed by atoms with E-state index in [0.717, 1.165) is 26.9 Å². The third-order valence-electron chi connectivity index (χ3n) is 3.71. The molecular formula is C17H20BrNO2. The van der Waals surface area contributed by atoms with Crippen molar-refractivity contribution < 1.29 is 9.84 Å². The third kappa shape index (κ3) is 3.46. The quantitative estimate of drug-likeness (QED) is 0.867. The highest BCUT2D eigenvalue weighted by Crippen LogP contribution is 2.36. The number of hydrogen-bond acceptors (Lipinski definition) is 3. The van der Waals surface area contributed by atoms with Crippen LogP contribution in [0.15, 0.2) is 46.9 Å². The fourth-order valence-electron chi connectivity index (χ4n) is 2.42. The number of aliphatic hydroxyl groups excluding tert-OH is 1. The number of hydrogen-bond donors (Lipinski definition) is 2. The monoisotopic (exact) mass is 349 g/mol. The van der Waals surface area contributed by atoms with Crippen molar-refractivity contribution in [2.75, 3.05) is 13.7 Å². The summed E-state index contributed by atoms with van der Waals surface area (Å²) in [5, 5.41) is 10.7. The molecule has 112 valence electrons. The molecular weight excluding hydrogens is 330 g/mol. The van der Waals surface area contributed by atoms with Crippen LogP contribution in [0.5, 0.6) is 5.75 Å². The van der Waals surface area contributed by atoms with Crippen molar-refractivity contribution in [2.45, 2.75) is 18.9 Å². The summed E-state index contributed by atoms with van der Waals surface area (Å²) in [6, 6.07) is 13.5. The molecule has 2 aromatic rings. The highest BCUT2D eigenvalue weighted by atomic mass is 79.9. The van der Waals surface area contributed by atoms with Gasteiger partial charge in [0, 0.05) is 22.5 Å². The minimum Gasteiger partial charge on any atom is -0.496 e. The fourth-order valence-corrected chi connectivity index (χ4v) is 2.82. The van der Waals surface area contributed by atoms with Crippen LogP contribution in [-0.2, 0) is 0 Å². The highest BCUT2D eigenvalue weighted by Gasteiger charge is 2.24. The molecule has 0 saturated heterocycles.